The van der Waals surface area contributed by atoms with Gasteiger partial charge < -0.3 is 15.0 Å². The van der Waals surface area contributed by atoms with E-state index in [2.05, 4.69) is 17.1 Å². The Morgan fingerprint density at radius 2 is 1.88 bits per heavy atom. The number of hydrogen-bond acceptors (Lipinski definition) is 5. The highest BCUT2D eigenvalue weighted by Crippen LogP contribution is 2.31. The van der Waals surface area contributed by atoms with Gasteiger partial charge in [-0.15, -0.1) is 0 Å². The van der Waals surface area contributed by atoms with E-state index in [1.807, 2.05) is 37.3 Å². The van der Waals surface area contributed by atoms with Gasteiger partial charge in [0, 0.05) is 31.4 Å². The lowest BCUT2D eigenvalue weighted by Crippen LogP contribution is -2.18. The monoisotopic (exact) mass is 355 g/mol. The molecule has 0 amide bonds. The van der Waals surface area contributed by atoms with Crippen LogP contribution in [0.25, 0.3) is 0 Å². The lowest BCUT2D eigenvalue weighted by atomic mass is 10.1. The van der Waals surface area contributed by atoms with Gasteiger partial charge in [-0.25, -0.2) is 0 Å². The summed E-state index contributed by atoms with van der Waals surface area (Å²) in [6.07, 6.45) is 2.34. The quantitative estimate of drug-likeness (QED) is 0.455. The van der Waals surface area contributed by atoms with E-state index in [1.54, 1.807) is 6.07 Å². The molecule has 3 rings (SSSR count). The molecule has 2 aromatic carbocycles. The summed E-state index contributed by atoms with van der Waals surface area (Å²) in [4.78, 5) is 13.2. The van der Waals surface area contributed by atoms with Crippen LogP contribution in [-0.2, 0) is 0 Å². The summed E-state index contributed by atoms with van der Waals surface area (Å²) in [5, 5.41) is 14.5. The van der Waals surface area contributed by atoms with Crippen molar-refractivity contribution < 1.29 is 9.66 Å². The van der Waals surface area contributed by atoms with Crippen molar-refractivity contribution in [2.75, 3.05) is 36.5 Å². The van der Waals surface area contributed by atoms with Gasteiger partial charge in [-0.2, -0.15) is 0 Å². The number of nitrogens with one attached hydrogen (secondary N) is 1. The number of nitro groups is 1. The number of ether oxygens (including phenoxy) is 1. The number of nitro benzene ring substituents is 1. The molecule has 138 valence electrons. The van der Waals surface area contributed by atoms with Crippen molar-refractivity contribution in [1.29, 1.82) is 0 Å². The Kier molecular flexibility index (Phi) is 5.61. The first kappa shape index (κ1) is 18.0. The van der Waals surface area contributed by atoms with E-state index >= 15 is 0 Å². The lowest BCUT2D eigenvalue weighted by Gasteiger charge is -2.19. The zero-order chi connectivity index (χ0) is 18.5. The molecule has 0 aromatic heterocycles. The van der Waals surface area contributed by atoms with Gasteiger partial charge >= 0.3 is 0 Å². The standard InChI is InChI=1S/C20H25N3O3/c1-15-5-7-18(13-16(15)2)26-12-9-21-19-14-17(22-10-3-4-11-22)6-8-20(19)23(24)25/h5-8,13-14,21H,3-4,9-12H2,1-2H3. The molecule has 1 fully saturated rings. The summed E-state index contributed by atoms with van der Waals surface area (Å²) < 4.78 is 5.75. The molecule has 0 atom stereocenters. The maximum atomic E-state index is 11.3. The Bertz CT molecular complexity index is 786. The Morgan fingerprint density at radius 3 is 2.58 bits per heavy atom. The SMILES string of the molecule is Cc1ccc(OCCNc2cc(N3CCCC3)ccc2[N+](=O)[O-])cc1C. The third kappa shape index (κ3) is 4.25. The highest BCUT2D eigenvalue weighted by molar-refractivity contribution is 5.69. The highest BCUT2D eigenvalue weighted by Gasteiger charge is 2.18. The predicted octanol–water partition coefficient (Wildman–Crippen LogP) is 4.30. The van der Waals surface area contributed by atoms with Gasteiger partial charge in [-0.3, -0.25) is 10.1 Å². The normalized spacial score (nSPS) is 13.7. The van der Waals surface area contributed by atoms with E-state index in [1.165, 1.54) is 24.0 Å². The molecular formula is C20H25N3O3. The molecule has 0 saturated carbocycles. The number of hydrogen-bond donors (Lipinski definition) is 1. The molecular weight excluding hydrogens is 330 g/mol. The minimum Gasteiger partial charge on any atom is -0.492 e. The van der Waals surface area contributed by atoms with E-state index < -0.39 is 0 Å². The maximum absolute atomic E-state index is 11.3. The van der Waals surface area contributed by atoms with E-state index in [0.29, 0.717) is 18.8 Å². The first-order chi connectivity index (χ1) is 12.5. The van der Waals surface area contributed by atoms with Crippen molar-refractivity contribution in [1.82, 2.24) is 0 Å². The third-order valence-corrected chi connectivity index (χ3v) is 4.81. The van der Waals surface area contributed by atoms with Crippen LogP contribution in [0.1, 0.15) is 24.0 Å². The second kappa shape index (κ2) is 8.08. The van der Waals surface area contributed by atoms with Crippen LogP contribution in [-0.4, -0.2) is 31.2 Å². The van der Waals surface area contributed by atoms with E-state index in [9.17, 15) is 10.1 Å². The molecule has 0 spiro atoms. The fourth-order valence-corrected chi connectivity index (χ4v) is 3.16. The molecule has 26 heavy (non-hydrogen) atoms. The molecule has 0 bridgehead atoms. The molecule has 1 N–H and O–H groups in total. The van der Waals surface area contributed by atoms with Gasteiger partial charge in [0.25, 0.3) is 5.69 Å². The van der Waals surface area contributed by atoms with Gasteiger partial charge in [0.2, 0.25) is 0 Å². The largest absolute Gasteiger partial charge is 0.492 e. The number of rotatable bonds is 7. The van der Waals surface area contributed by atoms with Crippen molar-refractivity contribution in [3.05, 3.63) is 57.6 Å². The summed E-state index contributed by atoms with van der Waals surface area (Å²) in [7, 11) is 0. The van der Waals surface area contributed by atoms with Crippen LogP contribution in [0.3, 0.4) is 0 Å². The highest BCUT2D eigenvalue weighted by atomic mass is 16.6. The van der Waals surface area contributed by atoms with Crippen molar-refractivity contribution in [2.45, 2.75) is 26.7 Å². The Labute approximate surface area is 153 Å². The molecule has 1 saturated heterocycles. The van der Waals surface area contributed by atoms with E-state index in [-0.39, 0.29) is 10.6 Å². The molecule has 2 aromatic rings. The average molecular weight is 355 g/mol. The zero-order valence-corrected chi connectivity index (χ0v) is 15.3. The minimum atomic E-state index is -0.347. The second-order valence-electron chi connectivity index (χ2n) is 6.67. The van der Waals surface area contributed by atoms with Crippen LogP contribution in [0.2, 0.25) is 0 Å². The second-order valence-corrected chi connectivity index (χ2v) is 6.67. The first-order valence-electron chi connectivity index (χ1n) is 9.02. The number of anilines is 2. The molecule has 0 unspecified atom stereocenters. The summed E-state index contributed by atoms with van der Waals surface area (Å²) in [6, 6.07) is 11.3. The number of nitrogens with zero attached hydrogens (tertiary/aromatic N) is 2. The molecule has 0 radical (unpaired) electrons. The number of benzene rings is 2. The van der Waals surface area contributed by atoms with Crippen LogP contribution < -0.4 is 15.0 Å². The van der Waals surface area contributed by atoms with Crippen LogP contribution in [0, 0.1) is 24.0 Å². The van der Waals surface area contributed by atoms with Gasteiger partial charge in [-0.05, 0) is 62.1 Å². The maximum Gasteiger partial charge on any atom is 0.292 e. The van der Waals surface area contributed by atoms with Crippen LogP contribution in [0.15, 0.2) is 36.4 Å². The topological polar surface area (TPSA) is 67.6 Å². The van der Waals surface area contributed by atoms with Gasteiger partial charge in [0.1, 0.15) is 18.0 Å². The average Bonchev–Trinajstić information content (AvgIpc) is 3.16. The van der Waals surface area contributed by atoms with E-state index in [0.717, 1.165) is 24.5 Å². The van der Waals surface area contributed by atoms with Gasteiger partial charge in [0.05, 0.1) is 4.92 Å². The summed E-state index contributed by atoms with van der Waals surface area (Å²) in [5.74, 6) is 0.815. The summed E-state index contributed by atoms with van der Waals surface area (Å²) >= 11 is 0. The van der Waals surface area contributed by atoms with Crippen LogP contribution >= 0.6 is 0 Å². The number of aryl methyl sites for hydroxylation is 2. The molecule has 0 aliphatic carbocycles. The summed E-state index contributed by atoms with van der Waals surface area (Å²) in [6.45, 7) is 7.06. The van der Waals surface area contributed by atoms with Crippen LogP contribution in [0.4, 0.5) is 17.1 Å². The van der Waals surface area contributed by atoms with Crippen LogP contribution in [0.5, 0.6) is 5.75 Å². The molecule has 1 aliphatic rings. The van der Waals surface area contributed by atoms with Crippen molar-refractivity contribution in [3.63, 3.8) is 0 Å². The van der Waals surface area contributed by atoms with Gasteiger partial charge in [0.15, 0.2) is 0 Å². The van der Waals surface area contributed by atoms with Crippen molar-refractivity contribution in [2.24, 2.45) is 0 Å². The predicted molar refractivity (Wildman–Crippen MR) is 104 cm³/mol. The Hall–Kier alpha value is -2.76. The lowest BCUT2D eigenvalue weighted by molar-refractivity contribution is -0.383. The molecule has 6 heteroatoms. The fraction of sp³-hybridized carbons (Fsp3) is 0.400. The smallest absolute Gasteiger partial charge is 0.292 e. The first-order valence-corrected chi connectivity index (χ1v) is 9.02. The Balaban J connectivity index is 1.62. The van der Waals surface area contributed by atoms with E-state index in [4.69, 9.17) is 4.74 Å². The summed E-state index contributed by atoms with van der Waals surface area (Å²) in [5.41, 5.74) is 4.09. The third-order valence-electron chi connectivity index (χ3n) is 4.81. The van der Waals surface area contributed by atoms with Gasteiger partial charge in [-0.1, -0.05) is 6.07 Å². The fourth-order valence-electron chi connectivity index (χ4n) is 3.16. The minimum absolute atomic E-state index is 0.0964. The zero-order valence-electron chi connectivity index (χ0n) is 15.3. The molecule has 1 aliphatic heterocycles. The molecule has 1 heterocycles. The van der Waals surface area contributed by atoms with Crippen molar-refractivity contribution in [3.8, 4) is 5.75 Å². The molecule has 6 nitrogen and oxygen atoms in total. The van der Waals surface area contributed by atoms with Crippen molar-refractivity contribution >= 4 is 17.1 Å². The Morgan fingerprint density at radius 1 is 1.12 bits per heavy atom.